The van der Waals surface area contributed by atoms with Gasteiger partial charge in [0.1, 0.15) is 17.2 Å². The number of amidine groups is 1. The maximum absolute atomic E-state index is 14.6. The Balaban J connectivity index is 1.84. The summed E-state index contributed by atoms with van der Waals surface area (Å²) in [7, 11) is 0. The number of rotatable bonds is 3. The Bertz CT molecular complexity index is 1090. The Morgan fingerprint density at radius 1 is 1.04 bits per heavy atom. The molecule has 3 nitrogen and oxygen atoms in total. The molecule has 1 saturated carbocycles. The van der Waals surface area contributed by atoms with E-state index in [1.54, 1.807) is 6.07 Å². The van der Waals surface area contributed by atoms with Crippen LogP contribution in [0.25, 0.3) is 0 Å². The number of hydrogen-bond donors (Lipinski definition) is 1. The number of pyridine rings is 1. The smallest absolute Gasteiger partial charge is 0.139 e. The normalized spacial score (nSPS) is 21.0. The summed E-state index contributed by atoms with van der Waals surface area (Å²) in [6, 6.07) is 17.1. The lowest BCUT2D eigenvalue weighted by molar-refractivity contribution is 0.615. The highest BCUT2D eigenvalue weighted by Gasteiger charge is 2.44. The van der Waals surface area contributed by atoms with Gasteiger partial charge in [-0.15, -0.1) is 0 Å². The summed E-state index contributed by atoms with van der Waals surface area (Å²) in [4.78, 5) is 9.40. The predicted molar refractivity (Wildman–Crippen MR) is 107 cm³/mol. The van der Waals surface area contributed by atoms with Crippen molar-refractivity contribution in [3.8, 4) is 0 Å². The number of fused-ring (bicyclic) bond motifs is 1. The van der Waals surface area contributed by atoms with Gasteiger partial charge in [0.25, 0.3) is 0 Å². The molecule has 5 heteroatoms. The third-order valence-corrected chi connectivity index (χ3v) is 5.88. The molecule has 0 saturated heterocycles. The highest BCUT2D eigenvalue weighted by atomic mass is 79.9. The second-order valence-electron chi connectivity index (χ2n) is 7.12. The van der Waals surface area contributed by atoms with Crippen molar-refractivity contribution < 1.29 is 4.39 Å². The molecule has 3 aromatic rings. The van der Waals surface area contributed by atoms with Crippen LogP contribution in [-0.2, 0) is 5.54 Å². The van der Waals surface area contributed by atoms with Gasteiger partial charge in [0.2, 0.25) is 0 Å². The van der Waals surface area contributed by atoms with E-state index in [1.165, 1.54) is 6.07 Å². The zero-order chi connectivity index (χ0) is 18.6. The maximum atomic E-state index is 14.6. The summed E-state index contributed by atoms with van der Waals surface area (Å²) in [5.74, 6) is 0.397. The molecule has 0 radical (unpaired) electrons. The van der Waals surface area contributed by atoms with Gasteiger partial charge in [0.15, 0.2) is 0 Å². The second kappa shape index (κ2) is 5.99. The molecule has 2 N–H and O–H groups in total. The third kappa shape index (κ3) is 2.52. The van der Waals surface area contributed by atoms with Gasteiger partial charge in [-0.1, -0.05) is 40.2 Å². The molecule has 0 spiro atoms. The van der Waals surface area contributed by atoms with Crippen LogP contribution < -0.4 is 5.73 Å². The van der Waals surface area contributed by atoms with E-state index < -0.39 is 5.54 Å². The number of nitrogens with two attached hydrogens (primary N) is 1. The number of nitrogens with zero attached hydrogens (tertiary/aromatic N) is 2. The van der Waals surface area contributed by atoms with Crippen molar-refractivity contribution >= 4 is 21.8 Å². The van der Waals surface area contributed by atoms with Gasteiger partial charge in [-0.05, 0) is 54.3 Å². The van der Waals surface area contributed by atoms with Crippen LogP contribution in [0.2, 0.25) is 0 Å². The van der Waals surface area contributed by atoms with Crippen LogP contribution in [0.15, 0.2) is 70.3 Å². The van der Waals surface area contributed by atoms with Crippen molar-refractivity contribution in [1.82, 2.24) is 4.98 Å². The average molecular weight is 422 g/mol. The van der Waals surface area contributed by atoms with E-state index in [0.29, 0.717) is 11.5 Å². The minimum absolute atomic E-state index is 0.229. The summed E-state index contributed by atoms with van der Waals surface area (Å²) in [5.41, 5.74) is 9.49. The summed E-state index contributed by atoms with van der Waals surface area (Å²) in [6.45, 7) is 0. The molecule has 1 aromatic heterocycles. The van der Waals surface area contributed by atoms with Gasteiger partial charge < -0.3 is 5.73 Å². The van der Waals surface area contributed by atoms with Gasteiger partial charge in [-0.2, -0.15) is 0 Å². The van der Waals surface area contributed by atoms with Gasteiger partial charge in [-0.3, -0.25) is 4.98 Å². The van der Waals surface area contributed by atoms with E-state index in [-0.39, 0.29) is 11.7 Å². The number of hydrogen-bond acceptors (Lipinski definition) is 3. The fourth-order valence-corrected chi connectivity index (χ4v) is 4.38. The number of benzene rings is 2. The van der Waals surface area contributed by atoms with Gasteiger partial charge >= 0.3 is 0 Å². The van der Waals surface area contributed by atoms with Crippen molar-refractivity contribution in [3.63, 3.8) is 0 Å². The van der Waals surface area contributed by atoms with Crippen LogP contribution >= 0.6 is 15.9 Å². The predicted octanol–water partition coefficient (Wildman–Crippen LogP) is 4.87. The molecule has 2 aliphatic rings. The fourth-order valence-electron chi connectivity index (χ4n) is 3.98. The lowest BCUT2D eigenvalue weighted by Crippen LogP contribution is -2.26. The summed E-state index contributed by atoms with van der Waals surface area (Å²) in [5, 5.41) is 0. The molecule has 0 bridgehead atoms. The molecular formula is C22H17BrFN3. The molecule has 1 unspecified atom stereocenters. The van der Waals surface area contributed by atoms with E-state index in [2.05, 4.69) is 27.0 Å². The molecule has 2 heterocycles. The van der Waals surface area contributed by atoms with Gasteiger partial charge in [-0.25, -0.2) is 9.38 Å². The SMILES string of the molecule is NC1=NC(c2cccc(Br)c2)(c2ccnc(C3CC3)c2)c2cccc(F)c21. The zero-order valence-electron chi connectivity index (χ0n) is 14.5. The Morgan fingerprint density at radius 3 is 2.59 bits per heavy atom. The topological polar surface area (TPSA) is 51.3 Å². The fraction of sp³-hybridized carbons (Fsp3) is 0.182. The van der Waals surface area contributed by atoms with Crippen molar-refractivity contribution in [3.05, 3.63) is 99.0 Å². The van der Waals surface area contributed by atoms with Gasteiger partial charge in [0.05, 0.1) is 5.56 Å². The lowest BCUT2D eigenvalue weighted by Gasteiger charge is -2.29. The Morgan fingerprint density at radius 2 is 1.81 bits per heavy atom. The van der Waals surface area contributed by atoms with E-state index >= 15 is 0 Å². The Kier molecular flexibility index (Phi) is 3.69. The second-order valence-corrected chi connectivity index (χ2v) is 8.04. The summed E-state index contributed by atoms with van der Waals surface area (Å²) in [6.07, 6.45) is 4.15. The van der Waals surface area contributed by atoms with Crippen molar-refractivity contribution in [2.75, 3.05) is 0 Å². The molecule has 134 valence electrons. The number of halogens is 2. The highest BCUT2D eigenvalue weighted by molar-refractivity contribution is 9.10. The first kappa shape index (κ1) is 16.6. The first-order chi connectivity index (χ1) is 13.1. The molecule has 0 amide bonds. The zero-order valence-corrected chi connectivity index (χ0v) is 16.1. The Hall–Kier alpha value is -2.53. The minimum atomic E-state index is -0.877. The van der Waals surface area contributed by atoms with Crippen LogP contribution in [-0.4, -0.2) is 10.8 Å². The third-order valence-electron chi connectivity index (χ3n) is 5.38. The van der Waals surface area contributed by atoms with E-state index in [1.807, 2.05) is 42.6 Å². The summed E-state index contributed by atoms with van der Waals surface area (Å²) < 4.78 is 15.6. The lowest BCUT2D eigenvalue weighted by atomic mass is 9.77. The summed E-state index contributed by atoms with van der Waals surface area (Å²) >= 11 is 3.56. The standard InChI is InChI=1S/C22H17BrFN3/c23-16-4-1-3-14(11-16)22(15-9-10-26-19(12-15)13-7-8-13)17-5-2-6-18(24)20(17)21(25)27-22/h1-6,9-13H,7-8H2,(H2,25,27). The molecule has 1 atom stereocenters. The van der Waals surface area contributed by atoms with Crippen molar-refractivity contribution in [2.45, 2.75) is 24.3 Å². The molecule has 1 fully saturated rings. The monoisotopic (exact) mass is 421 g/mol. The molecule has 2 aromatic carbocycles. The minimum Gasteiger partial charge on any atom is -0.383 e. The largest absolute Gasteiger partial charge is 0.383 e. The highest BCUT2D eigenvalue weighted by Crippen LogP contribution is 2.48. The molecule has 5 rings (SSSR count). The van der Waals surface area contributed by atoms with Crippen LogP contribution in [0, 0.1) is 5.82 Å². The quantitative estimate of drug-likeness (QED) is 0.655. The molecule has 1 aliphatic carbocycles. The van der Waals surface area contributed by atoms with Crippen molar-refractivity contribution in [2.24, 2.45) is 10.7 Å². The van der Waals surface area contributed by atoms with Crippen LogP contribution in [0.5, 0.6) is 0 Å². The number of aliphatic imine (C=N–C) groups is 1. The van der Waals surface area contributed by atoms with Gasteiger partial charge in [0, 0.05) is 27.8 Å². The number of aromatic nitrogens is 1. The van der Waals surface area contributed by atoms with Crippen LogP contribution in [0.1, 0.15) is 46.7 Å². The van der Waals surface area contributed by atoms with Crippen LogP contribution in [0.3, 0.4) is 0 Å². The van der Waals surface area contributed by atoms with E-state index in [0.717, 1.165) is 39.7 Å². The average Bonchev–Trinajstić information content (AvgIpc) is 3.47. The first-order valence-electron chi connectivity index (χ1n) is 8.97. The molecular weight excluding hydrogens is 405 g/mol. The van der Waals surface area contributed by atoms with E-state index in [4.69, 9.17) is 10.7 Å². The molecule has 27 heavy (non-hydrogen) atoms. The van der Waals surface area contributed by atoms with Crippen LogP contribution in [0.4, 0.5) is 4.39 Å². The van der Waals surface area contributed by atoms with Crippen molar-refractivity contribution in [1.29, 1.82) is 0 Å². The Labute approximate surface area is 165 Å². The van der Waals surface area contributed by atoms with E-state index in [9.17, 15) is 4.39 Å². The molecule has 1 aliphatic heterocycles. The first-order valence-corrected chi connectivity index (χ1v) is 9.76. The maximum Gasteiger partial charge on any atom is 0.139 e.